The van der Waals surface area contributed by atoms with Crippen molar-refractivity contribution in [1.82, 2.24) is 5.32 Å². The number of ketones is 1. The molecule has 1 aromatic rings. The fourth-order valence-electron chi connectivity index (χ4n) is 1.89. The van der Waals surface area contributed by atoms with Crippen LogP contribution >= 0.6 is 0 Å². The minimum Gasteiger partial charge on any atom is -0.493 e. The monoisotopic (exact) mass is 219 g/mol. The summed E-state index contributed by atoms with van der Waals surface area (Å²) in [5.74, 6) is 1.07. The van der Waals surface area contributed by atoms with E-state index >= 15 is 0 Å². The van der Waals surface area contributed by atoms with Crippen LogP contribution in [0.3, 0.4) is 0 Å². The van der Waals surface area contributed by atoms with E-state index in [-0.39, 0.29) is 11.8 Å². The highest BCUT2D eigenvalue weighted by atomic mass is 16.5. The molecule has 0 spiro atoms. The Morgan fingerprint density at radius 1 is 1.50 bits per heavy atom. The molecule has 0 saturated heterocycles. The number of rotatable bonds is 3. The molecule has 0 fully saturated rings. The summed E-state index contributed by atoms with van der Waals surface area (Å²) in [4.78, 5) is 12.0. The van der Waals surface area contributed by atoms with Gasteiger partial charge in [0.2, 0.25) is 0 Å². The van der Waals surface area contributed by atoms with Gasteiger partial charge in [-0.2, -0.15) is 0 Å². The molecule has 16 heavy (non-hydrogen) atoms. The molecular formula is C13H17NO2. The highest BCUT2D eigenvalue weighted by Gasteiger charge is 2.16. The average Bonchev–Trinajstić information content (AvgIpc) is 2.36. The fourth-order valence-corrected chi connectivity index (χ4v) is 1.89. The van der Waals surface area contributed by atoms with Crippen molar-refractivity contribution in [3.63, 3.8) is 0 Å². The fraction of sp³-hybridized carbons (Fsp3) is 0.462. The molecule has 3 heteroatoms. The summed E-state index contributed by atoms with van der Waals surface area (Å²) in [6.07, 6.45) is 2.04. The molecule has 3 nitrogen and oxygen atoms in total. The number of likely N-dealkylation sites (N-methyl/N-ethyl adjacent to an activating group) is 1. The molecule has 0 saturated carbocycles. The lowest BCUT2D eigenvalue weighted by Crippen LogP contribution is -2.30. The van der Waals surface area contributed by atoms with E-state index in [4.69, 9.17) is 4.74 Å². The molecule has 0 radical (unpaired) electrons. The van der Waals surface area contributed by atoms with Crippen LogP contribution in [-0.4, -0.2) is 25.5 Å². The second-order valence-electron chi connectivity index (χ2n) is 4.15. The van der Waals surface area contributed by atoms with E-state index in [1.54, 1.807) is 7.05 Å². The van der Waals surface area contributed by atoms with Crippen LogP contribution in [0.1, 0.15) is 29.3 Å². The molecule has 1 aliphatic heterocycles. The lowest BCUT2D eigenvalue weighted by atomic mass is 9.99. The number of carbonyl (C=O) groups is 1. The van der Waals surface area contributed by atoms with Gasteiger partial charge in [0.05, 0.1) is 12.6 Å². The Morgan fingerprint density at radius 3 is 3.06 bits per heavy atom. The van der Waals surface area contributed by atoms with Crippen LogP contribution in [0.5, 0.6) is 5.75 Å². The van der Waals surface area contributed by atoms with Gasteiger partial charge >= 0.3 is 0 Å². The Kier molecular flexibility index (Phi) is 3.25. The SMILES string of the molecule is CNC(C)C(=O)c1ccc2c(c1)CCCO2. The van der Waals surface area contributed by atoms with Crippen molar-refractivity contribution in [3.05, 3.63) is 29.3 Å². The van der Waals surface area contributed by atoms with E-state index in [1.807, 2.05) is 25.1 Å². The molecule has 0 bridgehead atoms. The summed E-state index contributed by atoms with van der Waals surface area (Å²) in [7, 11) is 1.80. The number of hydrogen-bond donors (Lipinski definition) is 1. The van der Waals surface area contributed by atoms with Gasteiger partial charge in [-0.3, -0.25) is 4.79 Å². The van der Waals surface area contributed by atoms with Crippen LogP contribution in [0, 0.1) is 0 Å². The smallest absolute Gasteiger partial charge is 0.179 e. The Balaban J connectivity index is 2.26. The maximum atomic E-state index is 12.0. The summed E-state index contributed by atoms with van der Waals surface area (Å²) in [6.45, 7) is 2.66. The first-order valence-electron chi connectivity index (χ1n) is 5.69. The van der Waals surface area contributed by atoms with Crippen LogP contribution in [0.4, 0.5) is 0 Å². The van der Waals surface area contributed by atoms with Gasteiger partial charge in [0.25, 0.3) is 0 Å². The second kappa shape index (κ2) is 4.66. The van der Waals surface area contributed by atoms with E-state index < -0.39 is 0 Å². The van der Waals surface area contributed by atoms with Gasteiger partial charge in [-0.05, 0) is 50.6 Å². The zero-order valence-corrected chi connectivity index (χ0v) is 9.75. The van der Waals surface area contributed by atoms with Crippen molar-refractivity contribution >= 4 is 5.78 Å². The van der Waals surface area contributed by atoms with E-state index in [2.05, 4.69) is 5.32 Å². The number of fused-ring (bicyclic) bond motifs is 1. The third-order valence-corrected chi connectivity index (χ3v) is 3.02. The first-order chi connectivity index (χ1) is 7.72. The largest absolute Gasteiger partial charge is 0.493 e. The predicted molar refractivity (Wildman–Crippen MR) is 63.1 cm³/mol. The van der Waals surface area contributed by atoms with Gasteiger partial charge in [-0.1, -0.05) is 0 Å². The standard InChI is InChI=1S/C13H17NO2/c1-9(14-2)13(15)11-5-6-12-10(8-11)4-3-7-16-12/h5-6,8-9,14H,3-4,7H2,1-2H3. The number of nitrogens with one attached hydrogen (secondary N) is 1. The zero-order chi connectivity index (χ0) is 11.5. The van der Waals surface area contributed by atoms with Crippen LogP contribution < -0.4 is 10.1 Å². The van der Waals surface area contributed by atoms with Crippen LogP contribution in [0.2, 0.25) is 0 Å². The van der Waals surface area contributed by atoms with E-state index in [9.17, 15) is 4.79 Å². The Bertz CT molecular complexity index is 401. The van der Waals surface area contributed by atoms with Crippen LogP contribution in [-0.2, 0) is 6.42 Å². The predicted octanol–water partition coefficient (Wildman–Crippen LogP) is 1.80. The number of ether oxygens (including phenoxy) is 1. The minimum atomic E-state index is -0.137. The van der Waals surface area contributed by atoms with Crippen molar-refractivity contribution in [2.24, 2.45) is 0 Å². The normalized spacial score (nSPS) is 16.1. The van der Waals surface area contributed by atoms with Crippen LogP contribution in [0.15, 0.2) is 18.2 Å². The molecule has 86 valence electrons. The summed E-state index contributed by atoms with van der Waals surface area (Å²) in [5.41, 5.74) is 1.92. The van der Waals surface area contributed by atoms with Crippen molar-refractivity contribution in [2.45, 2.75) is 25.8 Å². The maximum Gasteiger partial charge on any atom is 0.179 e. The number of Topliss-reactive ketones (excluding diaryl/α,β-unsaturated/α-hetero) is 1. The van der Waals surface area contributed by atoms with Gasteiger partial charge in [0.1, 0.15) is 5.75 Å². The number of carbonyl (C=O) groups excluding carboxylic acids is 1. The van der Waals surface area contributed by atoms with Crippen LogP contribution in [0.25, 0.3) is 0 Å². The van der Waals surface area contributed by atoms with Crippen molar-refractivity contribution in [1.29, 1.82) is 0 Å². The van der Waals surface area contributed by atoms with Gasteiger partial charge in [0.15, 0.2) is 5.78 Å². The molecular weight excluding hydrogens is 202 g/mol. The van der Waals surface area contributed by atoms with E-state index in [0.29, 0.717) is 0 Å². The summed E-state index contributed by atoms with van der Waals surface area (Å²) in [6, 6.07) is 5.58. The average molecular weight is 219 g/mol. The molecule has 2 rings (SSSR count). The molecule has 0 aliphatic carbocycles. The second-order valence-corrected chi connectivity index (χ2v) is 4.15. The van der Waals surface area contributed by atoms with Gasteiger partial charge < -0.3 is 10.1 Å². The summed E-state index contributed by atoms with van der Waals surface area (Å²) < 4.78 is 5.52. The third kappa shape index (κ3) is 2.09. The number of aryl methyl sites for hydroxylation is 1. The lowest BCUT2D eigenvalue weighted by Gasteiger charge is -2.18. The first kappa shape index (κ1) is 11.1. The molecule has 1 aromatic carbocycles. The minimum absolute atomic E-state index is 0.135. The highest BCUT2D eigenvalue weighted by molar-refractivity contribution is 6.00. The summed E-state index contributed by atoms with van der Waals surface area (Å²) >= 11 is 0. The molecule has 1 atom stereocenters. The number of benzene rings is 1. The van der Waals surface area contributed by atoms with Crippen molar-refractivity contribution < 1.29 is 9.53 Å². The molecule has 1 unspecified atom stereocenters. The number of hydrogen-bond acceptors (Lipinski definition) is 3. The topological polar surface area (TPSA) is 38.3 Å². The first-order valence-corrected chi connectivity index (χ1v) is 5.69. The van der Waals surface area contributed by atoms with Crippen molar-refractivity contribution in [3.8, 4) is 5.75 Å². The molecule has 0 amide bonds. The Labute approximate surface area is 95.8 Å². The lowest BCUT2D eigenvalue weighted by molar-refractivity contribution is 0.0955. The highest BCUT2D eigenvalue weighted by Crippen LogP contribution is 2.25. The summed E-state index contributed by atoms with van der Waals surface area (Å²) in [5, 5.41) is 2.96. The maximum absolute atomic E-state index is 12.0. The molecule has 1 N–H and O–H groups in total. The van der Waals surface area contributed by atoms with Gasteiger partial charge in [0, 0.05) is 5.56 Å². The Hall–Kier alpha value is -1.35. The van der Waals surface area contributed by atoms with Gasteiger partial charge in [-0.25, -0.2) is 0 Å². The third-order valence-electron chi connectivity index (χ3n) is 3.02. The quantitative estimate of drug-likeness (QED) is 0.788. The van der Waals surface area contributed by atoms with E-state index in [0.717, 1.165) is 36.3 Å². The van der Waals surface area contributed by atoms with Gasteiger partial charge in [-0.15, -0.1) is 0 Å². The molecule has 0 aromatic heterocycles. The molecule has 1 heterocycles. The molecule has 1 aliphatic rings. The zero-order valence-electron chi connectivity index (χ0n) is 9.75. The van der Waals surface area contributed by atoms with Crippen molar-refractivity contribution in [2.75, 3.05) is 13.7 Å². The Morgan fingerprint density at radius 2 is 2.31 bits per heavy atom. The van der Waals surface area contributed by atoms with E-state index in [1.165, 1.54) is 0 Å².